The first-order valence-electron chi connectivity index (χ1n) is 12.0. The molecule has 1 heterocycles. The molecule has 0 amide bonds. The molecule has 2 aromatic carbocycles. The van der Waals surface area contributed by atoms with Crippen molar-refractivity contribution in [3.63, 3.8) is 0 Å². The summed E-state index contributed by atoms with van der Waals surface area (Å²) in [7, 11) is 0. The van der Waals surface area contributed by atoms with E-state index in [-0.39, 0.29) is 28.9 Å². The number of Topliss-reactive ketones (excluding diaryl/α,β-unsaturated/α-hetero) is 1. The number of aliphatic hydroxyl groups is 1. The minimum Gasteiger partial charge on any atom is -0.503 e. The third kappa shape index (κ3) is 5.30. The molecule has 3 nitrogen and oxygen atoms in total. The fourth-order valence-electron chi connectivity index (χ4n) is 4.79. The summed E-state index contributed by atoms with van der Waals surface area (Å²) in [4.78, 5) is 14.6. The summed E-state index contributed by atoms with van der Waals surface area (Å²) in [6, 6.07) is 17.3. The summed E-state index contributed by atoms with van der Waals surface area (Å²) in [5.74, 6) is -0.0973. The molecule has 33 heavy (non-hydrogen) atoms. The van der Waals surface area contributed by atoms with Crippen LogP contribution in [0.15, 0.2) is 78.7 Å². The maximum Gasteiger partial charge on any atom is 0.200 e. The molecule has 2 aliphatic rings. The fourth-order valence-corrected chi connectivity index (χ4v) is 4.79. The van der Waals surface area contributed by atoms with Gasteiger partial charge in [-0.1, -0.05) is 82.3 Å². The average Bonchev–Trinajstić information content (AvgIpc) is 2.81. The lowest BCUT2D eigenvalue weighted by atomic mass is 9.84. The molecule has 4 rings (SSSR count). The number of carbonyl (C=O) groups is 1. The topological polar surface area (TPSA) is 40.5 Å². The van der Waals surface area contributed by atoms with E-state index in [1.165, 1.54) is 22.3 Å². The average molecular weight is 442 g/mol. The number of aliphatic hydroxyl groups excluding tert-OH is 1. The zero-order chi connectivity index (χ0) is 23.6. The van der Waals surface area contributed by atoms with Crippen LogP contribution in [-0.4, -0.2) is 16.9 Å². The van der Waals surface area contributed by atoms with Crippen molar-refractivity contribution in [2.24, 2.45) is 5.92 Å². The summed E-state index contributed by atoms with van der Waals surface area (Å²) in [6.07, 6.45) is 11.4. The summed E-state index contributed by atoms with van der Waals surface area (Å²) in [6.45, 7) is 8.88. The van der Waals surface area contributed by atoms with Crippen LogP contribution in [0.25, 0.3) is 5.57 Å². The zero-order valence-corrected chi connectivity index (χ0v) is 20.2. The third-order valence-corrected chi connectivity index (χ3v) is 6.86. The first kappa shape index (κ1) is 23.1. The second-order valence-electron chi connectivity index (χ2n) is 10.5. The number of allylic oxidation sites excluding steroid dienone is 5. The highest BCUT2D eigenvalue weighted by Gasteiger charge is 2.32. The number of anilines is 1. The molecule has 0 spiro atoms. The zero-order valence-electron chi connectivity index (χ0n) is 20.2. The van der Waals surface area contributed by atoms with Gasteiger partial charge in [-0.15, -0.1) is 0 Å². The van der Waals surface area contributed by atoms with Crippen LogP contribution < -0.4 is 4.90 Å². The Labute approximate surface area is 198 Å². The second kappa shape index (κ2) is 9.43. The standard InChI is InChI=1S/C30H35NO2/c1-21(17-22-13-15-25(16-14-22)30(2,3)4)27-19-28(32)29(33)20-31(27)26-12-8-11-24(18-26)23-9-6-5-7-10-23/h5-6,8-9,11-16,18,20-21,27,33H,7,10,17,19H2,1-4H3. The van der Waals surface area contributed by atoms with E-state index in [1.807, 2.05) is 0 Å². The molecule has 1 N–H and O–H groups in total. The summed E-state index contributed by atoms with van der Waals surface area (Å²) in [5.41, 5.74) is 6.27. The van der Waals surface area contributed by atoms with Gasteiger partial charge in [-0.05, 0) is 65.0 Å². The minimum absolute atomic E-state index is 0.00817. The monoisotopic (exact) mass is 441 g/mol. The molecule has 1 aliphatic heterocycles. The minimum atomic E-state index is -0.178. The molecule has 2 aromatic rings. The molecule has 0 radical (unpaired) electrons. The predicted octanol–water partition coefficient (Wildman–Crippen LogP) is 7.14. The van der Waals surface area contributed by atoms with Gasteiger partial charge in [0.25, 0.3) is 0 Å². The Morgan fingerprint density at radius 3 is 2.55 bits per heavy atom. The van der Waals surface area contributed by atoms with Crippen molar-refractivity contribution in [1.82, 2.24) is 0 Å². The quantitative estimate of drug-likeness (QED) is 0.536. The number of ketones is 1. The molecule has 0 fully saturated rings. The Kier molecular flexibility index (Phi) is 6.60. The summed E-state index contributed by atoms with van der Waals surface area (Å²) >= 11 is 0. The summed E-state index contributed by atoms with van der Waals surface area (Å²) < 4.78 is 0. The molecule has 0 saturated carbocycles. The largest absolute Gasteiger partial charge is 0.503 e. The molecule has 0 bridgehead atoms. The lowest BCUT2D eigenvalue weighted by molar-refractivity contribution is -0.119. The highest BCUT2D eigenvalue weighted by atomic mass is 16.3. The predicted molar refractivity (Wildman–Crippen MR) is 137 cm³/mol. The van der Waals surface area contributed by atoms with Gasteiger partial charge >= 0.3 is 0 Å². The van der Waals surface area contributed by atoms with Crippen molar-refractivity contribution in [2.75, 3.05) is 4.90 Å². The van der Waals surface area contributed by atoms with Gasteiger partial charge in [0, 0.05) is 18.2 Å². The molecule has 3 heteroatoms. The molecule has 2 atom stereocenters. The van der Waals surface area contributed by atoms with E-state index in [1.54, 1.807) is 6.20 Å². The molecular weight excluding hydrogens is 406 g/mol. The van der Waals surface area contributed by atoms with Gasteiger partial charge in [-0.2, -0.15) is 0 Å². The van der Waals surface area contributed by atoms with E-state index in [0.717, 1.165) is 24.9 Å². The van der Waals surface area contributed by atoms with Crippen molar-refractivity contribution >= 4 is 17.0 Å². The first-order chi connectivity index (χ1) is 15.7. The van der Waals surface area contributed by atoms with E-state index < -0.39 is 0 Å². The fraction of sp³-hybridized carbons (Fsp3) is 0.367. The van der Waals surface area contributed by atoms with E-state index in [2.05, 4.69) is 99.4 Å². The van der Waals surface area contributed by atoms with Gasteiger partial charge in [0.15, 0.2) is 5.76 Å². The lowest BCUT2D eigenvalue weighted by Crippen LogP contribution is -2.42. The van der Waals surface area contributed by atoms with Crippen LogP contribution >= 0.6 is 0 Å². The normalized spacial score (nSPS) is 19.8. The van der Waals surface area contributed by atoms with Crippen molar-refractivity contribution < 1.29 is 9.90 Å². The molecular formula is C30H35NO2. The van der Waals surface area contributed by atoms with Gasteiger partial charge in [0.05, 0.1) is 6.20 Å². The van der Waals surface area contributed by atoms with Crippen LogP contribution in [0.5, 0.6) is 0 Å². The van der Waals surface area contributed by atoms with E-state index in [0.29, 0.717) is 6.42 Å². The maximum atomic E-state index is 12.4. The highest BCUT2D eigenvalue weighted by molar-refractivity contribution is 5.95. The van der Waals surface area contributed by atoms with Crippen LogP contribution in [0, 0.1) is 5.92 Å². The van der Waals surface area contributed by atoms with Crippen molar-refractivity contribution in [3.8, 4) is 0 Å². The SMILES string of the molecule is CC(Cc1ccc(C(C)(C)C)cc1)C1CC(=O)C(O)=CN1c1cccc(C2=CC=CCC2)c1. The number of rotatable bonds is 5. The van der Waals surface area contributed by atoms with Crippen molar-refractivity contribution in [1.29, 1.82) is 0 Å². The smallest absolute Gasteiger partial charge is 0.200 e. The van der Waals surface area contributed by atoms with Gasteiger partial charge < -0.3 is 10.0 Å². The Morgan fingerprint density at radius 1 is 1.12 bits per heavy atom. The Bertz CT molecular complexity index is 1100. The van der Waals surface area contributed by atoms with Crippen molar-refractivity contribution in [3.05, 3.63) is 95.4 Å². The number of hydrogen-bond acceptors (Lipinski definition) is 3. The van der Waals surface area contributed by atoms with E-state index >= 15 is 0 Å². The molecule has 172 valence electrons. The highest BCUT2D eigenvalue weighted by Crippen LogP contribution is 2.33. The molecule has 2 unspecified atom stereocenters. The molecule has 1 aliphatic carbocycles. The van der Waals surface area contributed by atoms with E-state index in [9.17, 15) is 9.90 Å². The van der Waals surface area contributed by atoms with Gasteiger partial charge in [-0.3, -0.25) is 4.79 Å². The Morgan fingerprint density at radius 2 is 1.88 bits per heavy atom. The van der Waals surface area contributed by atoms with Crippen LogP contribution in [0.2, 0.25) is 0 Å². The Balaban J connectivity index is 1.59. The van der Waals surface area contributed by atoms with Gasteiger partial charge in [-0.25, -0.2) is 0 Å². The van der Waals surface area contributed by atoms with Crippen molar-refractivity contribution in [2.45, 2.75) is 64.8 Å². The molecule has 0 saturated heterocycles. The summed E-state index contributed by atoms with van der Waals surface area (Å²) in [5, 5.41) is 10.3. The maximum absolute atomic E-state index is 12.4. The van der Waals surface area contributed by atoms with Crippen LogP contribution in [0.3, 0.4) is 0 Å². The number of carbonyl (C=O) groups excluding carboxylic acids is 1. The van der Waals surface area contributed by atoms with Crippen LogP contribution in [0.1, 0.15) is 63.6 Å². The number of nitrogens with zero attached hydrogens (tertiary/aromatic N) is 1. The number of benzene rings is 2. The van der Waals surface area contributed by atoms with Gasteiger partial charge in [0.2, 0.25) is 5.78 Å². The Hall–Kier alpha value is -3.07. The lowest BCUT2D eigenvalue weighted by Gasteiger charge is -2.37. The first-order valence-corrected chi connectivity index (χ1v) is 12.0. The molecule has 0 aromatic heterocycles. The number of hydrogen-bond donors (Lipinski definition) is 1. The van der Waals surface area contributed by atoms with Gasteiger partial charge in [0.1, 0.15) is 0 Å². The van der Waals surface area contributed by atoms with Crippen LogP contribution in [-0.2, 0) is 16.6 Å². The second-order valence-corrected chi connectivity index (χ2v) is 10.5. The third-order valence-electron chi connectivity index (χ3n) is 6.86. The van der Waals surface area contributed by atoms with E-state index in [4.69, 9.17) is 0 Å². The van der Waals surface area contributed by atoms with Crippen LogP contribution in [0.4, 0.5) is 5.69 Å².